The summed E-state index contributed by atoms with van der Waals surface area (Å²) >= 11 is 1.70. The van der Waals surface area contributed by atoms with Crippen LogP contribution in [0.5, 0.6) is 11.5 Å². The number of fused-ring (bicyclic) bond motifs is 1. The molecule has 0 saturated carbocycles. The number of nitrogens with one attached hydrogen (secondary N) is 1. The lowest BCUT2D eigenvalue weighted by atomic mass is 10.2. The van der Waals surface area contributed by atoms with E-state index in [1.54, 1.807) is 23.3 Å². The van der Waals surface area contributed by atoms with Crippen LogP contribution in [0.1, 0.15) is 9.75 Å². The van der Waals surface area contributed by atoms with Crippen LogP contribution in [0.15, 0.2) is 30.3 Å². The third kappa shape index (κ3) is 4.20. The number of halogens is 1. The van der Waals surface area contributed by atoms with Gasteiger partial charge in [0.05, 0.1) is 13.1 Å². The van der Waals surface area contributed by atoms with Gasteiger partial charge in [0, 0.05) is 21.5 Å². The summed E-state index contributed by atoms with van der Waals surface area (Å²) < 4.78 is 11.2. The SMILES string of the molecule is CNCC(=O)N(Cc1ccc(C)s1)c1ccc2c(c1)OCCO2.Cl. The molecule has 0 fully saturated rings. The number of ether oxygens (including phenoxy) is 2. The number of nitrogens with zero attached hydrogens (tertiary/aromatic N) is 1. The number of benzene rings is 1. The number of amides is 1. The molecule has 0 unspecified atom stereocenters. The van der Waals surface area contributed by atoms with Crippen LogP contribution in [0, 0.1) is 6.92 Å². The van der Waals surface area contributed by atoms with Gasteiger partial charge < -0.3 is 19.7 Å². The maximum Gasteiger partial charge on any atom is 0.241 e. The van der Waals surface area contributed by atoms with Gasteiger partial charge in [-0.3, -0.25) is 4.79 Å². The summed E-state index contributed by atoms with van der Waals surface area (Å²) in [6.45, 7) is 4.00. The molecule has 0 atom stereocenters. The first-order chi connectivity index (χ1) is 11.2. The summed E-state index contributed by atoms with van der Waals surface area (Å²) in [7, 11) is 1.77. The highest BCUT2D eigenvalue weighted by Crippen LogP contribution is 2.34. The van der Waals surface area contributed by atoms with E-state index in [4.69, 9.17) is 9.47 Å². The second-order valence-corrected chi connectivity index (χ2v) is 6.72. The van der Waals surface area contributed by atoms with Crippen LogP contribution < -0.4 is 19.7 Å². The molecule has 1 aromatic heterocycles. The van der Waals surface area contributed by atoms with Gasteiger partial charge in [0.25, 0.3) is 0 Å². The van der Waals surface area contributed by atoms with Crippen molar-refractivity contribution in [1.82, 2.24) is 5.32 Å². The summed E-state index contributed by atoms with van der Waals surface area (Å²) in [4.78, 5) is 16.7. The molecule has 0 aliphatic carbocycles. The number of rotatable bonds is 5. The van der Waals surface area contributed by atoms with Crippen molar-refractivity contribution in [1.29, 1.82) is 0 Å². The van der Waals surface area contributed by atoms with Gasteiger partial charge in [0.2, 0.25) is 5.91 Å². The lowest BCUT2D eigenvalue weighted by molar-refractivity contribution is -0.117. The van der Waals surface area contributed by atoms with E-state index in [1.807, 2.05) is 18.2 Å². The van der Waals surface area contributed by atoms with Crippen molar-refractivity contribution in [3.63, 3.8) is 0 Å². The van der Waals surface area contributed by atoms with Gasteiger partial charge in [-0.05, 0) is 38.2 Å². The van der Waals surface area contributed by atoms with E-state index >= 15 is 0 Å². The molecule has 7 heteroatoms. The van der Waals surface area contributed by atoms with Gasteiger partial charge >= 0.3 is 0 Å². The summed E-state index contributed by atoms with van der Waals surface area (Å²) in [5, 5.41) is 2.93. The second kappa shape index (κ2) is 8.37. The van der Waals surface area contributed by atoms with E-state index in [9.17, 15) is 4.79 Å². The number of thiophene rings is 1. The van der Waals surface area contributed by atoms with Gasteiger partial charge in [-0.2, -0.15) is 0 Å². The summed E-state index contributed by atoms with van der Waals surface area (Å²) in [5.74, 6) is 1.45. The van der Waals surface area contributed by atoms with Crippen molar-refractivity contribution in [3.8, 4) is 11.5 Å². The third-order valence-corrected chi connectivity index (χ3v) is 4.56. The smallest absolute Gasteiger partial charge is 0.241 e. The van der Waals surface area contributed by atoms with Crippen LogP contribution in [0.4, 0.5) is 5.69 Å². The molecular weight excluding hydrogens is 348 g/mol. The Hall–Kier alpha value is -1.76. The summed E-state index contributed by atoms with van der Waals surface area (Å²) in [6.07, 6.45) is 0. The standard InChI is InChI=1S/C17H20N2O3S.ClH/c1-12-3-5-14(23-12)11-19(17(20)10-18-2)13-4-6-15-16(9-13)22-8-7-21-15;/h3-6,9,18H,7-8,10-11H2,1-2H3;1H. The highest BCUT2D eigenvalue weighted by atomic mass is 35.5. The lowest BCUT2D eigenvalue weighted by Crippen LogP contribution is -2.36. The van der Waals surface area contributed by atoms with E-state index in [0.717, 1.165) is 16.3 Å². The zero-order valence-electron chi connectivity index (χ0n) is 13.7. The predicted molar refractivity (Wildman–Crippen MR) is 98.9 cm³/mol. The maximum absolute atomic E-state index is 12.5. The Labute approximate surface area is 152 Å². The van der Waals surface area contributed by atoms with Crippen LogP contribution in [0.25, 0.3) is 0 Å². The van der Waals surface area contributed by atoms with Crippen LogP contribution in [-0.2, 0) is 11.3 Å². The number of carbonyl (C=O) groups is 1. The van der Waals surface area contributed by atoms with Crippen LogP contribution >= 0.6 is 23.7 Å². The number of anilines is 1. The summed E-state index contributed by atoms with van der Waals surface area (Å²) in [6, 6.07) is 9.79. The Morgan fingerprint density at radius 1 is 1.21 bits per heavy atom. The van der Waals surface area contributed by atoms with Gasteiger partial charge in [0.1, 0.15) is 13.2 Å². The molecule has 0 bridgehead atoms. The van der Waals surface area contributed by atoms with E-state index in [0.29, 0.717) is 32.1 Å². The number of aryl methyl sites for hydroxylation is 1. The quantitative estimate of drug-likeness (QED) is 0.881. The molecule has 2 aromatic rings. The number of hydrogen-bond acceptors (Lipinski definition) is 5. The normalized spacial score (nSPS) is 12.4. The van der Waals surface area contributed by atoms with Crippen molar-refractivity contribution in [2.24, 2.45) is 0 Å². The molecule has 1 aliphatic heterocycles. The fourth-order valence-electron chi connectivity index (χ4n) is 2.50. The molecule has 1 N–H and O–H groups in total. The third-order valence-electron chi connectivity index (χ3n) is 3.58. The van der Waals surface area contributed by atoms with Gasteiger partial charge in [-0.25, -0.2) is 0 Å². The Morgan fingerprint density at radius 3 is 2.62 bits per heavy atom. The van der Waals surface area contributed by atoms with Crippen LogP contribution in [0.2, 0.25) is 0 Å². The van der Waals surface area contributed by atoms with E-state index in [2.05, 4.69) is 24.4 Å². The summed E-state index contributed by atoms with van der Waals surface area (Å²) in [5.41, 5.74) is 0.820. The molecule has 1 aromatic carbocycles. The zero-order valence-corrected chi connectivity index (χ0v) is 15.3. The van der Waals surface area contributed by atoms with E-state index in [-0.39, 0.29) is 18.3 Å². The predicted octanol–water partition coefficient (Wildman–Crippen LogP) is 3.00. The minimum absolute atomic E-state index is 0. The molecule has 2 heterocycles. The number of carbonyl (C=O) groups excluding carboxylic acids is 1. The average molecular weight is 369 g/mol. The Morgan fingerprint density at radius 2 is 1.96 bits per heavy atom. The first-order valence-electron chi connectivity index (χ1n) is 7.57. The molecule has 0 spiro atoms. The van der Waals surface area contributed by atoms with E-state index < -0.39 is 0 Å². The molecule has 24 heavy (non-hydrogen) atoms. The molecule has 0 saturated heterocycles. The fraction of sp³-hybridized carbons (Fsp3) is 0.353. The Bertz CT molecular complexity index is 705. The second-order valence-electron chi connectivity index (χ2n) is 5.35. The monoisotopic (exact) mass is 368 g/mol. The highest BCUT2D eigenvalue weighted by Gasteiger charge is 2.20. The van der Waals surface area contributed by atoms with Crippen molar-refractivity contribution in [2.45, 2.75) is 13.5 Å². The van der Waals surface area contributed by atoms with Crippen LogP contribution in [0.3, 0.4) is 0 Å². The van der Waals surface area contributed by atoms with Crippen molar-refractivity contribution >= 4 is 35.3 Å². The number of hydrogen-bond donors (Lipinski definition) is 1. The van der Waals surface area contributed by atoms with Gasteiger partial charge in [-0.15, -0.1) is 23.7 Å². The first kappa shape index (κ1) is 18.6. The topological polar surface area (TPSA) is 50.8 Å². The molecule has 1 amide bonds. The highest BCUT2D eigenvalue weighted by molar-refractivity contribution is 7.11. The largest absolute Gasteiger partial charge is 0.486 e. The Balaban J connectivity index is 0.00000208. The Kier molecular flexibility index (Phi) is 6.48. The van der Waals surface area contributed by atoms with Crippen molar-refractivity contribution in [2.75, 3.05) is 31.7 Å². The molecule has 3 rings (SSSR count). The van der Waals surface area contributed by atoms with Crippen molar-refractivity contribution in [3.05, 3.63) is 40.1 Å². The number of likely N-dealkylation sites (N-methyl/N-ethyl adjacent to an activating group) is 1. The minimum Gasteiger partial charge on any atom is -0.486 e. The first-order valence-corrected chi connectivity index (χ1v) is 8.39. The van der Waals surface area contributed by atoms with Gasteiger partial charge in [0.15, 0.2) is 11.5 Å². The molecule has 130 valence electrons. The van der Waals surface area contributed by atoms with Gasteiger partial charge in [-0.1, -0.05) is 0 Å². The molecule has 0 radical (unpaired) electrons. The van der Waals surface area contributed by atoms with Crippen molar-refractivity contribution < 1.29 is 14.3 Å². The van der Waals surface area contributed by atoms with Crippen LogP contribution in [-0.4, -0.2) is 32.7 Å². The molecular formula is C17H21ClN2O3S. The lowest BCUT2D eigenvalue weighted by Gasteiger charge is -2.25. The zero-order chi connectivity index (χ0) is 16.2. The fourth-order valence-corrected chi connectivity index (χ4v) is 3.38. The molecule has 1 aliphatic rings. The minimum atomic E-state index is 0. The average Bonchev–Trinajstić information content (AvgIpc) is 2.97. The van der Waals surface area contributed by atoms with E-state index in [1.165, 1.54) is 4.88 Å². The molecule has 5 nitrogen and oxygen atoms in total. The maximum atomic E-state index is 12.5.